The van der Waals surface area contributed by atoms with E-state index in [4.69, 9.17) is 0 Å². The predicted octanol–water partition coefficient (Wildman–Crippen LogP) is 5.36. The van der Waals surface area contributed by atoms with Gasteiger partial charge in [0.15, 0.2) is 0 Å². The van der Waals surface area contributed by atoms with Gasteiger partial charge in [-0.3, -0.25) is 0 Å². The van der Waals surface area contributed by atoms with Crippen LogP contribution in [-0.2, 0) is 0 Å². The van der Waals surface area contributed by atoms with E-state index in [1.165, 1.54) is 11.1 Å². The molecule has 0 amide bonds. The standard InChI is InChI=1S/C18H22Si/c1-19(2,3)18(17-12-8-5-9-13-17)15-14-16-10-6-4-7-11-16/h4-15,18H,1-3H3/b15-14+. The first-order valence-corrected chi connectivity index (χ1v) is 10.4. The lowest BCUT2D eigenvalue weighted by molar-refractivity contribution is 1.14. The van der Waals surface area contributed by atoms with Crippen LogP contribution in [0.4, 0.5) is 0 Å². The highest BCUT2D eigenvalue weighted by molar-refractivity contribution is 6.78. The lowest BCUT2D eigenvalue weighted by Crippen LogP contribution is -2.29. The van der Waals surface area contributed by atoms with Crippen LogP contribution >= 0.6 is 0 Å². The van der Waals surface area contributed by atoms with Crippen molar-refractivity contribution in [1.82, 2.24) is 0 Å². The van der Waals surface area contributed by atoms with Gasteiger partial charge >= 0.3 is 0 Å². The molecule has 0 fully saturated rings. The van der Waals surface area contributed by atoms with Crippen molar-refractivity contribution < 1.29 is 0 Å². The Kier molecular flexibility index (Phi) is 4.38. The average molecular weight is 266 g/mol. The Morgan fingerprint density at radius 1 is 0.789 bits per heavy atom. The SMILES string of the molecule is C[Si](C)(C)C(/C=C/c1ccccc1)c1ccccc1. The third kappa shape index (κ3) is 3.93. The first kappa shape index (κ1) is 13.8. The van der Waals surface area contributed by atoms with E-state index < -0.39 is 8.07 Å². The molecular weight excluding hydrogens is 244 g/mol. The number of hydrogen-bond acceptors (Lipinski definition) is 0. The number of benzene rings is 2. The van der Waals surface area contributed by atoms with E-state index in [0.29, 0.717) is 5.54 Å². The van der Waals surface area contributed by atoms with Gasteiger partial charge in [-0.25, -0.2) is 0 Å². The Balaban J connectivity index is 2.28. The summed E-state index contributed by atoms with van der Waals surface area (Å²) in [7, 11) is -1.27. The highest BCUT2D eigenvalue weighted by Crippen LogP contribution is 2.29. The molecule has 0 aliphatic carbocycles. The zero-order valence-corrected chi connectivity index (χ0v) is 13.0. The second kappa shape index (κ2) is 6.03. The van der Waals surface area contributed by atoms with E-state index in [0.717, 1.165) is 0 Å². The molecule has 0 saturated carbocycles. The molecule has 2 aromatic rings. The second-order valence-corrected chi connectivity index (χ2v) is 11.4. The average Bonchev–Trinajstić information content (AvgIpc) is 2.40. The van der Waals surface area contributed by atoms with Crippen LogP contribution in [0.1, 0.15) is 16.7 Å². The lowest BCUT2D eigenvalue weighted by Gasteiger charge is -2.26. The number of hydrogen-bond donors (Lipinski definition) is 0. The van der Waals surface area contributed by atoms with Crippen molar-refractivity contribution in [2.45, 2.75) is 25.2 Å². The summed E-state index contributed by atoms with van der Waals surface area (Å²) in [5, 5.41) is 0. The van der Waals surface area contributed by atoms with E-state index in [9.17, 15) is 0 Å². The molecule has 0 nitrogen and oxygen atoms in total. The molecular formula is C18H22Si. The summed E-state index contributed by atoms with van der Waals surface area (Å²) >= 11 is 0. The van der Waals surface area contributed by atoms with Crippen molar-refractivity contribution in [3.8, 4) is 0 Å². The summed E-state index contributed by atoms with van der Waals surface area (Å²) in [6.45, 7) is 7.29. The molecule has 0 aromatic heterocycles. The molecule has 0 N–H and O–H groups in total. The van der Waals surface area contributed by atoms with Gasteiger partial charge in [0.05, 0.1) is 8.07 Å². The normalized spacial score (nSPS) is 13.6. The zero-order chi connectivity index (χ0) is 13.7. The van der Waals surface area contributed by atoms with Crippen molar-refractivity contribution in [2.24, 2.45) is 0 Å². The Morgan fingerprint density at radius 3 is 1.84 bits per heavy atom. The molecule has 1 heteroatoms. The smallest absolute Gasteiger partial charge is 0.0565 e. The van der Waals surface area contributed by atoms with E-state index in [1.54, 1.807) is 0 Å². The molecule has 0 saturated heterocycles. The van der Waals surface area contributed by atoms with Gasteiger partial charge in [0, 0.05) is 0 Å². The quantitative estimate of drug-likeness (QED) is 0.653. The van der Waals surface area contributed by atoms with Crippen molar-refractivity contribution in [1.29, 1.82) is 0 Å². The van der Waals surface area contributed by atoms with E-state index in [1.807, 2.05) is 0 Å². The minimum absolute atomic E-state index is 0.564. The van der Waals surface area contributed by atoms with Crippen molar-refractivity contribution in [3.05, 3.63) is 77.9 Å². The Labute approximate surface area is 117 Å². The molecule has 2 aromatic carbocycles. The summed E-state index contributed by atoms with van der Waals surface area (Å²) in [6, 6.07) is 21.4. The Bertz CT molecular complexity index is 521. The Morgan fingerprint density at radius 2 is 1.32 bits per heavy atom. The van der Waals surface area contributed by atoms with Crippen LogP contribution in [0, 0.1) is 0 Å². The summed E-state index contributed by atoms with van der Waals surface area (Å²) in [4.78, 5) is 0. The third-order valence-corrected chi connectivity index (χ3v) is 5.76. The molecule has 0 spiro atoms. The van der Waals surface area contributed by atoms with Gasteiger partial charge in [-0.15, -0.1) is 0 Å². The van der Waals surface area contributed by atoms with Gasteiger partial charge in [-0.1, -0.05) is 92.5 Å². The van der Waals surface area contributed by atoms with Gasteiger partial charge in [-0.05, 0) is 16.7 Å². The lowest BCUT2D eigenvalue weighted by atomic mass is 10.1. The molecule has 0 aliphatic heterocycles. The van der Waals surface area contributed by atoms with Crippen LogP contribution in [0.5, 0.6) is 0 Å². The maximum Gasteiger partial charge on any atom is 0.0565 e. The maximum atomic E-state index is 2.43. The minimum Gasteiger partial charge on any atom is -0.0792 e. The molecule has 1 unspecified atom stereocenters. The van der Waals surface area contributed by atoms with Gasteiger partial charge in [0.2, 0.25) is 0 Å². The predicted molar refractivity (Wildman–Crippen MR) is 88.0 cm³/mol. The van der Waals surface area contributed by atoms with Crippen LogP contribution in [-0.4, -0.2) is 8.07 Å². The third-order valence-electron chi connectivity index (χ3n) is 3.37. The van der Waals surface area contributed by atoms with E-state index >= 15 is 0 Å². The monoisotopic (exact) mass is 266 g/mol. The minimum atomic E-state index is -1.27. The maximum absolute atomic E-state index is 2.43. The first-order valence-electron chi connectivity index (χ1n) is 6.85. The van der Waals surface area contributed by atoms with Gasteiger partial charge in [-0.2, -0.15) is 0 Å². The van der Waals surface area contributed by atoms with Crippen molar-refractivity contribution in [2.75, 3.05) is 0 Å². The topological polar surface area (TPSA) is 0 Å². The molecule has 1 atom stereocenters. The molecule has 2 rings (SSSR count). The molecule has 0 bridgehead atoms. The van der Waals surface area contributed by atoms with Crippen LogP contribution in [0.15, 0.2) is 66.7 Å². The summed E-state index contributed by atoms with van der Waals surface area (Å²) < 4.78 is 0. The van der Waals surface area contributed by atoms with Crippen molar-refractivity contribution >= 4 is 14.1 Å². The van der Waals surface area contributed by atoms with Crippen LogP contribution in [0.25, 0.3) is 6.08 Å². The first-order chi connectivity index (χ1) is 9.07. The highest BCUT2D eigenvalue weighted by Gasteiger charge is 2.25. The van der Waals surface area contributed by atoms with Gasteiger partial charge < -0.3 is 0 Å². The fraction of sp³-hybridized carbons (Fsp3) is 0.222. The molecule has 98 valence electrons. The second-order valence-electron chi connectivity index (χ2n) is 6.02. The summed E-state index contributed by atoms with van der Waals surface area (Å²) in [5.74, 6) is 0. The fourth-order valence-electron chi connectivity index (χ4n) is 2.33. The summed E-state index contributed by atoms with van der Waals surface area (Å²) in [5.41, 5.74) is 3.28. The number of rotatable bonds is 4. The fourth-order valence-corrected chi connectivity index (χ4v) is 4.20. The molecule has 19 heavy (non-hydrogen) atoms. The van der Waals surface area contributed by atoms with Gasteiger partial charge in [0.25, 0.3) is 0 Å². The molecule has 0 radical (unpaired) electrons. The highest BCUT2D eigenvalue weighted by atomic mass is 28.3. The molecule has 0 aliphatic rings. The number of allylic oxidation sites excluding steroid dienone is 1. The van der Waals surface area contributed by atoms with E-state index in [2.05, 4.69) is 92.5 Å². The zero-order valence-electron chi connectivity index (χ0n) is 12.0. The summed E-state index contributed by atoms with van der Waals surface area (Å²) in [6.07, 6.45) is 4.65. The molecule has 0 heterocycles. The van der Waals surface area contributed by atoms with E-state index in [-0.39, 0.29) is 0 Å². The largest absolute Gasteiger partial charge is 0.0792 e. The van der Waals surface area contributed by atoms with Crippen LogP contribution in [0.3, 0.4) is 0 Å². The van der Waals surface area contributed by atoms with Gasteiger partial charge in [0.1, 0.15) is 0 Å². The van der Waals surface area contributed by atoms with Crippen LogP contribution in [0.2, 0.25) is 19.6 Å². The Hall–Kier alpha value is -1.60. The van der Waals surface area contributed by atoms with Crippen molar-refractivity contribution in [3.63, 3.8) is 0 Å². The van der Waals surface area contributed by atoms with Crippen LogP contribution < -0.4 is 0 Å².